The summed E-state index contributed by atoms with van der Waals surface area (Å²) in [6.07, 6.45) is 2.89. The van der Waals surface area contributed by atoms with Gasteiger partial charge < -0.3 is 5.32 Å². The molecule has 0 aliphatic heterocycles. The summed E-state index contributed by atoms with van der Waals surface area (Å²) < 4.78 is 13.9. The van der Waals surface area contributed by atoms with Crippen LogP contribution >= 0.6 is 23.2 Å². The largest absolute Gasteiger partial charge is 0.337 e. The fourth-order valence-electron chi connectivity index (χ4n) is 1.76. The molecule has 1 N–H and O–H groups in total. The highest BCUT2D eigenvalue weighted by Gasteiger charge is 2.10. The zero-order chi connectivity index (χ0) is 14.1. The number of halogens is 3. The summed E-state index contributed by atoms with van der Waals surface area (Å²) in [5.74, 6) is -0.110. The zero-order valence-electron chi connectivity index (χ0n) is 9.94. The predicted octanol–water partition coefficient (Wildman–Crippen LogP) is 4.21. The van der Waals surface area contributed by atoms with Gasteiger partial charge in [0.05, 0.1) is 22.4 Å². The quantitative estimate of drug-likeness (QED) is 0.720. The molecule has 0 radical (unpaired) electrons. The summed E-state index contributed by atoms with van der Waals surface area (Å²) in [5, 5.41) is 3.87. The summed E-state index contributed by atoms with van der Waals surface area (Å²) in [5.41, 5.74) is 0.833. The van der Waals surface area contributed by atoms with Crippen LogP contribution in [0.25, 0.3) is 10.9 Å². The number of rotatable bonds is 2. The average molecular weight is 309 g/mol. The lowest BCUT2D eigenvalue weighted by Gasteiger charge is -2.09. The lowest BCUT2D eigenvalue weighted by Crippen LogP contribution is -1.98. The molecule has 20 heavy (non-hydrogen) atoms. The molecule has 0 saturated carbocycles. The molecule has 0 amide bonds. The highest BCUT2D eigenvalue weighted by atomic mass is 35.5. The molecule has 2 aromatic heterocycles. The molecule has 0 aliphatic rings. The normalized spacial score (nSPS) is 10.8. The van der Waals surface area contributed by atoms with E-state index in [1.807, 2.05) is 0 Å². The van der Waals surface area contributed by atoms with E-state index in [0.717, 1.165) is 0 Å². The second-order valence-electron chi connectivity index (χ2n) is 3.97. The molecular formula is C13H7Cl2FN4. The number of benzene rings is 1. The van der Waals surface area contributed by atoms with E-state index in [1.54, 1.807) is 18.2 Å². The lowest BCUT2D eigenvalue weighted by atomic mass is 10.2. The number of pyridine rings is 1. The Kier molecular flexibility index (Phi) is 3.38. The fraction of sp³-hybridized carbons (Fsp3) is 0. The van der Waals surface area contributed by atoms with Gasteiger partial charge in [-0.1, -0.05) is 29.3 Å². The van der Waals surface area contributed by atoms with E-state index in [-0.39, 0.29) is 10.7 Å². The van der Waals surface area contributed by atoms with Crippen molar-refractivity contribution < 1.29 is 4.39 Å². The standard InChI is InChI=1S/C13H7Cl2FN4/c14-8-2-1-3-9(12(8)16)20-13-7-4-11(15)17-5-10(7)18-6-19-13/h1-6H,(H,18,19,20). The highest BCUT2D eigenvalue weighted by Crippen LogP contribution is 2.28. The van der Waals surface area contributed by atoms with Crippen LogP contribution in [0, 0.1) is 5.82 Å². The smallest absolute Gasteiger partial charge is 0.165 e. The van der Waals surface area contributed by atoms with Gasteiger partial charge in [-0.05, 0) is 18.2 Å². The topological polar surface area (TPSA) is 50.7 Å². The van der Waals surface area contributed by atoms with Crippen LogP contribution in [0.15, 0.2) is 36.8 Å². The number of nitrogens with one attached hydrogen (secondary N) is 1. The molecule has 0 unspecified atom stereocenters. The lowest BCUT2D eigenvalue weighted by molar-refractivity contribution is 0.632. The van der Waals surface area contributed by atoms with E-state index in [1.165, 1.54) is 18.6 Å². The minimum atomic E-state index is -0.541. The zero-order valence-corrected chi connectivity index (χ0v) is 11.5. The van der Waals surface area contributed by atoms with E-state index < -0.39 is 5.82 Å². The SMILES string of the molecule is Fc1c(Cl)cccc1Nc1ncnc2cnc(Cl)cc12. The summed E-state index contributed by atoms with van der Waals surface area (Å²) in [6.45, 7) is 0. The molecular weight excluding hydrogens is 302 g/mol. The molecule has 7 heteroatoms. The van der Waals surface area contributed by atoms with E-state index >= 15 is 0 Å². The molecule has 3 aromatic rings. The van der Waals surface area contributed by atoms with Gasteiger partial charge in [-0.2, -0.15) is 0 Å². The van der Waals surface area contributed by atoms with Crippen molar-refractivity contribution in [1.29, 1.82) is 0 Å². The Labute approximate surface area is 123 Å². The molecule has 4 nitrogen and oxygen atoms in total. The molecule has 0 spiro atoms. The van der Waals surface area contributed by atoms with Crippen molar-refractivity contribution in [2.24, 2.45) is 0 Å². The first-order chi connectivity index (χ1) is 9.65. The van der Waals surface area contributed by atoms with E-state index in [0.29, 0.717) is 21.9 Å². The summed E-state index contributed by atoms with van der Waals surface area (Å²) in [6, 6.07) is 6.30. The second-order valence-corrected chi connectivity index (χ2v) is 4.77. The third kappa shape index (κ3) is 2.37. The van der Waals surface area contributed by atoms with Crippen LogP contribution in [0.2, 0.25) is 10.2 Å². The van der Waals surface area contributed by atoms with Crippen LogP contribution in [0.1, 0.15) is 0 Å². The Hall–Kier alpha value is -1.98. The van der Waals surface area contributed by atoms with Crippen LogP contribution in [0.3, 0.4) is 0 Å². The minimum absolute atomic E-state index is 0.0352. The molecule has 0 aliphatic carbocycles. The molecule has 0 fully saturated rings. The maximum Gasteiger partial charge on any atom is 0.165 e. The highest BCUT2D eigenvalue weighted by molar-refractivity contribution is 6.31. The summed E-state index contributed by atoms with van der Waals surface area (Å²) in [4.78, 5) is 12.1. The summed E-state index contributed by atoms with van der Waals surface area (Å²) >= 11 is 11.6. The Balaban J connectivity index is 2.11. The minimum Gasteiger partial charge on any atom is -0.337 e. The number of hydrogen-bond donors (Lipinski definition) is 1. The van der Waals surface area contributed by atoms with Gasteiger partial charge in [-0.3, -0.25) is 0 Å². The van der Waals surface area contributed by atoms with Crippen LogP contribution in [0.5, 0.6) is 0 Å². The third-order valence-corrected chi connectivity index (χ3v) is 3.19. The number of aromatic nitrogens is 3. The van der Waals surface area contributed by atoms with Crippen LogP contribution in [0.4, 0.5) is 15.9 Å². The maximum absolute atomic E-state index is 13.9. The molecule has 100 valence electrons. The van der Waals surface area contributed by atoms with E-state index in [4.69, 9.17) is 23.2 Å². The average Bonchev–Trinajstić information content (AvgIpc) is 2.44. The van der Waals surface area contributed by atoms with Crippen molar-refractivity contribution in [3.63, 3.8) is 0 Å². The Morgan fingerprint density at radius 2 is 1.95 bits per heavy atom. The van der Waals surface area contributed by atoms with Crippen molar-refractivity contribution in [3.05, 3.63) is 52.8 Å². The first kappa shape index (κ1) is 13.0. The third-order valence-electron chi connectivity index (χ3n) is 2.69. The molecule has 0 atom stereocenters. The van der Waals surface area contributed by atoms with Crippen LogP contribution < -0.4 is 5.32 Å². The monoisotopic (exact) mass is 308 g/mol. The molecule has 2 heterocycles. The van der Waals surface area contributed by atoms with E-state index in [2.05, 4.69) is 20.3 Å². The molecule has 0 bridgehead atoms. The summed E-state index contributed by atoms with van der Waals surface area (Å²) in [7, 11) is 0. The van der Waals surface area contributed by atoms with Crippen molar-refractivity contribution in [2.45, 2.75) is 0 Å². The van der Waals surface area contributed by atoms with Crippen LogP contribution in [-0.4, -0.2) is 15.0 Å². The number of nitrogens with zero attached hydrogens (tertiary/aromatic N) is 3. The van der Waals surface area contributed by atoms with Crippen molar-refractivity contribution in [1.82, 2.24) is 15.0 Å². The molecule has 3 rings (SSSR count). The first-order valence-electron chi connectivity index (χ1n) is 5.62. The molecule has 1 aromatic carbocycles. The van der Waals surface area contributed by atoms with Gasteiger partial charge >= 0.3 is 0 Å². The van der Waals surface area contributed by atoms with Crippen molar-refractivity contribution >= 4 is 45.6 Å². The second kappa shape index (κ2) is 5.19. The van der Waals surface area contributed by atoms with Crippen LogP contribution in [-0.2, 0) is 0 Å². The van der Waals surface area contributed by atoms with Crippen molar-refractivity contribution in [3.8, 4) is 0 Å². The Morgan fingerprint density at radius 1 is 1.10 bits per heavy atom. The first-order valence-corrected chi connectivity index (χ1v) is 6.38. The van der Waals surface area contributed by atoms with Gasteiger partial charge in [0.1, 0.15) is 17.3 Å². The number of anilines is 2. The Morgan fingerprint density at radius 3 is 2.80 bits per heavy atom. The van der Waals surface area contributed by atoms with Gasteiger partial charge in [-0.25, -0.2) is 19.3 Å². The number of hydrogen-bond acceptors (Lipinski definition) is 4. The Bertz CT molecular complexity index is 794. The fourth-order valence-corrected chi connectivity index (χ4v) is 2.09. The molecule has 0 saturated heterocycles. The van der Waals surface area contributed by atoms with Gasteiger partial charge in [-0.15, -0.1) is 0 Å². The van der Waals surface area contributed by atoms with Gasteiger partial charge in [0.15, 0.2) is 5.82 Å². The van der Waals surface area contributed by atoms with Gasteiger partial charge in [0.2, 0.25) is 0 Å². The predicted molar refractivity (Wildman–Crippen MR) is 77.0 cm³/mol. The van der Waals surface area contributed by atoms with Gasteiger partial charge in [0, 0.05) is 5.39 Å². The van der Waals surface area contributed by atoms with E-state index in [9.17, 15) is 4.39 Å². The van der Waals surface area contributed by atoms with Crippen molar-refractivity contribution in [2.75, 3.05) is 5.32 Å². The van der Waals surface area contributed by atoms with Gasteiger partial charge in [0.25, 0.3) is 0 Å². The maximum atomic E-state index is 13.9. The number of fused-ring (bicyclic) bond motifs is 1.